The first kappa shape index (κ1) is 16.6. The fourth-order valence-electron chi connectivity index (χ4n) is 3.23. The van der Waals surface area contributed by atoms with E-state index in [9.17, 15) is 4.79 Å². The summed E-state index contributed by atoms with van der Waals surface area (Å²) in [6.45, 7) is 6.91. The van der Waals surface area contributed by atoms with Gasteiger partial charge in [-0.05, 0) is 19.3 Å². The second kappa shape index (κ2) is 8.06. The van der Waals surface area contributed by atoms with Crippen molar-refractivity contribution in [3.63, 3.8) is 0 Å². The maximum atomic E-state index is 12.5. The quantitative estimate of drug-likeness (QED) is 0.768. The molecule has 2 rings (SSSR count). The first-order valence-corrected chi connectivity index (χ1v) is 8.44. The molecule has 2 saturated heterocycles. The van der Waals surface area contributed by atoms with Crippen LogP contribution in [-0.2, 0) is 9.53 Å². The van der Waals surface area contributed by atoms with Gasteiger partial charge in [-0.1, -0.05) is 25.6 Å². The van der Waals surface area contributed by atoms with Gasteiger partial charge in [0.2, 0.25) is 5.91 Å². The molecule has 2 aliphatic heterocycles. The number of nitrogens with zero attached hydrogens (tertiary/aromatic N) is 2. The lowest BCUT2D eigenvalue weighted by molar-refractivity contribution is -0.140. The number of nitrogens with two attached hydrogens (primary N) is 1. The van der Waals surface area contributed by atoms with E-state index in [1.807, 2.05) is 4.90 Å². The molecule has 0 aromatic heterocycles. The maximum absolute atomic E-state index is 12.5. The van der Waals surface area contributed by atoms with Gasteiger partial charge in [-0.25, -0.2) is 0 Å². The van der Waals surface area contributed by atoms with Crippen LogP contribution in [0.3, 0.4) is 0 Å². The fraction of sp³-hybridized carbons (Fsp3) is 0.867. The normalized spacial score (nSPS) is 23.0. The lowest BCUT2D eigenvalue weighted by Gasteiger charge is -2.40. The van der Waals surface area contributed by atoms with Gasteiger partial charge in [0.15, 0.2) is 0 Å². The van der Waals surface area contributed by atoms with Gasteiger partial charge in [0, 0.05) is 45.3 Å². The van der Waals surface area contributed by atoms with E-state index >= 15 is 0 Å². The number of rotatable bonds is 5. The largest absolute Gasteiger partial charge is 0.392 e. The standard InChI is InChI=1S/C15H27N3O2S/c1-2-3-13(14(16)21)17-6-8-18(9-7-17)15(19)12-4-10-20-11-5-12/h12-13H,2-11H2,1H3,(H2,16,21). The monoisotopic (exact) mass is 313 g/mol. The molecule has 0 aliphatic carbocycles. The zero-order valence-corrected chi connectivity index (χ0v) is 13.7. The Morgan fingerprint density at radius 3 is 2.43 bits per heavy atom. The van der Waals surface area contributed by atoms with Crippen LogP contribution in [0.5, 0.6) is 0 Å². The average Bonchev–Trinajstić information content (AvgIpc) is 2.53. The molecule has 21 heavy (non-hydrogen) atoms. The molecule has 1 amide bonds. The lowest BCUT2D eigenvalue weighted by Crippen LogP contribution is -2.55. The second-order valence-corrected chi connectivity index (χ2v) is 6.43. The van der Waals surface area contributed by atoms with E-state index < -0.39 is 0 Å². The SMILES string of the molecule is CCCC(C(N)=S)N1CCN(C(=O)C2CCOCC2)CC1. The van der Waals surface area contributed by atoms with Crippen molar-refractivity contribution >= 4 is 23.1 Å². The molecule has 2 N–H and O–H groups in total. The second-order valence-electron chi connectivity index (χ2n) is 5.95. The minimum atomic E-state index is 0.160. The van der Waals surface area contributed by atoms with Crippen molar-refractivity contribution < 1.29 is 9.53 Å². The van der Waals surface area contributed by atoms with Crippen LogP contribution in [0.2, 0.25) is 0 Å². The highest BCUT2D eigenvalue weighted by Crippen LogP contribution is 2.19. The molecule has 0 spiro atoms. The Hall–Kier alpha value is -0.720. The van der Waals surface area contributed by atoms with Crippen molar-refractivity contribution in [3.05, 3.63) is 0 Å². The summed E-state index contributed by atoms with van der Waals surface area (Å²) in [6.07, 6.45) is 3.81. The number of hydrogen-bond donors (Lipinski definition) is 1. The Bertz CT molecular complexity index is 364. The predicted octanol–water partition coefficient (Wildman–Crippen LogP) is 1.01. The number of amides is 1. The zero-order chi connectivity index (χ0) is 15.2. The van der Waals surface area contributed by atoms with Crippen LogP contribution in [0.25, 0.3) is 0 Å². The molecule has 6 heteroatoms. The minimum absolute atomic E-state index is 0.160. The fourth-order valence-corrected chi connectivity index (χ4v) is 3.50. The average molecular weight is 313 g/mol. The van der Waals surface area contributed by atoms with Crippen LogP contribution in [0.15, 0.2) is 0 Å². The number of hydrogen-bond acceptors (Lipinski definition) is 4. The molecule has 120 valence electrons. The summed E-state index contributed by atoms with van der Waals surface area (Å²) in [5, 5.41) is 0. The summed E-state index contributed by atoms with van der Waals surface area (Å²) >= 11 is 5.19. The third-order valence-electron chi connectivity index (χ3n) is 4.53. The molecule has 5 nitrogen and oxygen atoms in total. The summed E-state index contributed by atoms with van der Waals surface area (Å²) < 4.78 is 5.33. The van der Waals surface area contributed by atoms with Crippen molar-refractivity contribution in [2.45, 2.75) is 38.6 Å². The Balaban J connectivity index is 1.84. The van der Waals surface area contributed by atoms with Gasteiger partial charge < -0.3 is 15.4 Å². The van der Waals surface area contributed by atoms with E-state index in [-0.39, 0.29) is 12.0 Å². The van der Waals surface area contributed by atoms with Crippen molar-refractivity contribution in [2.75, 3.05) is 39.4 Å². The number of carbonyl (C=O) groups is 1. The molecule has 1 unspecified atom stereocenters. The molecule has 0 bridgehead atoms. The van der Waals surface area contributed by atoms with Crippen LogP contribution in [0.1, 0.15) is 32.6 Å². The van der Waals surface area contributed by atoms with Gasteiger partial charge in [-0.15, -0.1) is 0 Å². The number of ether oxygens (including phenoxy) is 1. The van der Waals surface area contributed by atoms with Crippen LogP contribution < -0.4 is 5.73 Å². The Labute approximate surface area is 132 Å². The third kappa shape index (κ3) is 4.37. The molecule has 0 aromatic rings. The highest BCUT2D eigenvalue weighted by molar-refractivity contribution is 7.80. The first-order chi connectivity index (χ1) is 10.1. The van der Waals surface area contributed by atoms with E-state index in [4.69, 9.17) is 22.7 Å². The summed E-state index contributed by atoms with van der Waals surface area (Å²) in [4.78, 5) is 17.4. The maximum Gasteiger partial charge on any atom is 0.225 e. The van der Waals surface area contributed by atoms with Crippen LogP contribution in [-0.4, -0.2) is 66.1 Å². The van der Waals surface area contributed by atoms with Gasteiger partial charge >= 0.3 is 0 Å². The Kier molecular flexibility index (Phi) is 6.39. The number of carbonyl (C=O) groups excluding carboxylic acids is 1. The highest BCUT2D eigenvalue weighted by Gasteiger charge is 2.31. The first-order valence-electron chi connectivity index (χ1n) is 8.03. The van der Waals surface area contributed by atoms with Gasteiger partial charge in [0.25, 0.3) is 0 Å². The zero-order valence-electron chi connectivity index (χ0n) is 12.9. The molecular formula is C15H27N3O2S. The number of piperazine rings is 1. The van der Waals surface area contributed by atoms with Gasteiger partial charge in [-0.2, -0.15) is 0 Å². The smallest absolute Gasteiger partial charge is 0.225 e. The summed E-state index contributed by atoms with van der Waals surface area (Å²) in [7, 11) is 0. The van der Waals surface area contributed by atoms with E-state index in [2.05, 4.69) is 11.8 Å². The molecule has 0 saturated carbocycles. The number of thiocarbonyl (C=S) groups is 1. The molecule has 1 atom stereocenters. The minimum Gasteiger partial charge on any atom is -0.392 e. The van der Waals surface area contributed by atoms with Crippen molar-refractivity contribution in [2.24, 2.45) is 11.7 Å². The molecule has 0 aromatic carbocycles. The Morgan fingerprint density at radius 1 is 1.29 bits per heavy atom. The van der Waals surface area contributed by atoms with Crippen molar-refractivity contribution in [1.29, 1.82) is 0 Å². The van der Waals surface area contributed by atoms with E-state index in [0.29, 0.717) is 10.9 Å². The highest BCUT2D eigenvalue weighted by atomic mass is 32.1. The molecule has 2 fully saturated rings. The summed E-state index contributed by atoms with van der Waals surface area (Å²) in [5.41, 5.74) is 5.86. The predicted molar refractivity (Wildman–Crippen MR) is 87.2 cm³/mol. The molecule has 2 heterocycles. The van der Waals surface area contributed by atoms with Gasteiger partial charge in [-0.3, -0.25) is 9.69 Å². The molecular weight excluding hydrogens is 286 g/mol. The van der Waals surface area contributed by atoms with Crippen molar-refractivity contribution in [3.8, 4) is 0 Å². The molecule has 2 aliphatic rings. The van der Waals surface area contributed by atoms with Crippen LogP contribution in [0.4, 0.5) is 0 Å². The topological polar surface area (TPSA) is 58.8 Å². The van der Waals surface area contributed by atoms with Gasteiger partial charge in [0.05, 0.1) is 11.0 Å². The third-order valence-corrected chi connectivity index (χ3v) is 4.80. The summed E-state index contributed by atoms with van der Waals surface area (Å²) in [5.74, 6) is 0.465. The van der Waals surface area contributed by atoms with E-state index in [0.717, 1.165) is 65.1 Å². The summed E-state index contributed by atoms with van der Waals surface area (Å²) in [6, 6.07) is 0.185. The molecule has 0 radical (unpaired) electrons. The Morgan fingerprint density at radius 2 is 1.90 bits per heavy atom. The van der Waals surface area contributed by atoms with Crippen molar-refractivity contribution in [1.82, 2.24) is 9.80 Å². The van der Waals surface area contributed by atoms with Crippen LogP contribution in [0, 0.1) is 5.92 Å². The van der Waals surface area contributed by atoms with Gasteiger partial charge in [0.1, 0.15) is 0 Å². The lowest BCUT2D eigenvalue weighted by atomic mass is 9.98. The van der Waals surface area contributed by atoms with Crippen LogP contribution >= 0.6 is 12.2 Å². The van der Waals surface area contributed by atoms with E-state index in [1.165, 1.54) is 0 Å². The van der Waals surface area contributed by atoms with E-state index in [1.54, 1.807) is 0 Å².